The van der Waals surface area contributed by atoms with Gasteiger partial charge in [-0.05, 0) is 18.2 Å². The van der Waals surface area contributed by atoms with Crippen molar-refractivity contribution in [3.8, 4) is 5.75 Å². The molecule has 0 aliphatic rings. The van der Waals surface area contributed by atoms with Crippen LogP contribution in [0, 0.1) is 0 Å². The molecule has 1 aromatic heterocycles. The van der Waals surface area contributed by atoms with Crippen molar-refractivity contribution in [2.45, 2.75) is 9.92 Å². The molecule has 0 unspecified atom stereocenters. The van der Waals surface area contributed by atoms with Crippen LogP contribution in [0.4, 0.5) is 5.82 Å². The first-order valence-electron chi connectivity index (χ1n) is 4.78. The van der Waals surface area contributed by atoms with Gasteiger partial charge in [-0.2, -0.15) is 0 Å². The van der Waals surface area contributed by atoms with E-state index < -0.39 is 0 Å². The Morgan fingerprint density at radius 1 is 1.35 bits per heavy atom. The van der Waals surface area contributed by atoms with Crippen LogP contribution in [0.1, 0.15) is 0 Å². The average Bonchev–Trinajstić information content (AvgIpc) is 2.29. The summed E-state index contributed by atoms with van der Waals surface area (Å²) >= 11 is 7.34. The highest BCUT2D eigenvalue weighted by Gasteiger charge is 2.11. The van der Waals surface area contributed by atoms with E-state index >= 15 is 0 Å². The number of rotatable bonds is 3. The van der Waals surface area contributed by atoms with E-state index in [1.807, 2.05) is 24.3 Å². The maximum Gasteiger partial charge on any atom is 0.193 e. The van der Waals surface area contributed by atoms with Gasteiger partial charge in [-0.1, -0.05) is 29.4 Å². The van der Waals surface area contributed by atoms with Gasteiger partial charge in [0.05, 0.1) is 7.11 Å². The molecule has 0 saturated carbocycles. The predicted octanol–water partition coefficient (Wildman–Crippen LogP) is 2.87. The third-order valence-electron chi connectivity index (χ3n) is 2.01. The quantitative estimate of drug-likeness (QED) is 0.867. The number of hydrogen-bond donors (Lipinski definition) is 1. The highest BCUT2D eigenvalue weighted by molar-refractivity contribution is 7.99. The van der Waals surface area contributed by atoms with Gasteiger partial charge < -0.3 is 10.5 Å². The molecule has 2 rings (SSSR count). The van der Waals surface area contributed by atoms with E-state index in [9.17, 15) is 0 Å². The van der Waals surface area contributed by atoms with Crippen LogP contribution in [0.3, 0.4) is 0 Å². The summed E-state index contributed by atoms with van der Waals surface area (Å²) in [5, 5.41) is 1.35. The second-order valence-corrected chi connectivity index (χ2v) is 4.66. The zero-order valence-corrected chi connectivity index (χ0v) is 10.6. The molecule has 2 N–H and O–H groups in total. The van der Waals surface area contributed by atoms with Gasteiger partial charge >= 0.3 is 0 Å². The van der Waals surface area contributed by atoms with Crippen molar-refractivity contribution >= 4 is 29.2 Å². The number of benzene rings is 1. The summed E-state index contributed by atoms with van der Waals surface area (Å²) in [6.45, 7) is 0. The molecular weight excluding hydrogens is 258 g/mol. The summed E-state index contributed by atoms with van der Waals surface area (Å²) in [5.74, 6) is 0.810. The van der Waals surface area contributed by atoms with E-state index in [-0.39, 0.29) is 0 Å². The molecule has 1 aromatic carbocycles. The molecule has 0 atom stereocenters. The summed E-state index contributed by atoms with van der Waals surface area (Å²) in [6, 6.07) is 7.48. The average molecular weight is 268 g/mol. The van der Waals surface area contributed by atoms with Gasteiger partial charge in [0.15, 0.2) is 11.6 Å². The number of halogens is 1. The van der Waals surface area contributed by atoms with Gasteiger partial charge in [0, 0.05) is 9.92 Å². The van der Waals surface area contributed by atoms with E-state index in [0.29, 0.717) is 21.6 Å². The van der Waals surface area contributed by atoms with E-state index in [1.54, 1.807) is 0 Å². The van der Waals surface area contributed by atoms with Crippen LogP contribution < -0.4 is 10.5 Å². The lowest BCUT2D eigenvalue weighted by Crippen LogP contribution is -1.98. The predicted molar refractivity (Wildman–Crippen MR) is 68.6 cm³/mol. The molecule has 0 fully saturated rings. The van der Waals surface area contributed by atoms with Gasteiger partial charge in [0.1, 0.15) is 11.4 Å². The second kappa shape index (κ2) is 5.25. The summed E-state index contributed by atoms with van der Waals surface area (Å²) in [4.78, 5) is 8.98. The fourth-order valence-electron chi connectivity index (χ4n) is 1.28. The fraction of sp³-hybridized carbons (Fsp3) is 0.0909. The summed E-state index contributed by atoms with van der Waals surface area (Å²) in [6.07, 6.45) is 1.41. The van der Waals surface area contributed by atoms with Gasteiger partial charge in [-0.15, -0.1) is 0 Å². The zero-order valence-electron chi connectivity index (χ0n) is 9.05. The third-order valence-corrected chi connectivity index (χ3v) is 3.22. The molecular formula is C11H10ClN3OS. The smallest absolute Gasteiger partial charge is 0.193 e. The van der Waals surface area contributed by atoms with Gasteiger partial charge in [-0.25, -0.2) is 9.97 Å². The number of hydrogen-bond acceptors (Lipinski definition) is 5. The molecule has 1 heterocycles. The zero-order chi connectivity index (χ0) is 12.3. The van der Waals surface area contributed by atoms with E-state index in [2.05, 4.69) is 9.97 Å². The number of nitrogens with zero attached hydrogens (tertiary/aromatic N) is 2. The van der Waals surface area contributed by atoms with E-state index in [1.165, 1.54) is 25.2 Å². The lowest BCUT2D eigenvalue weighted by molar-refractivity contribution is 0.401. The molecule has 4 nitrogen and oxygen atoms in total. The standard InChI is InChI=1S/C11H10ClN3OS/c1-16-9-10(13)14-6-15-11(9)17-8-4-2-3-7(12)5-8/h2-6H,1H3,(H2,13,14,15). The normalized spacial score (nSPS) is 10.2. The van der Waals surface area contributed by atoms with Crippen molar-refractivity contribution in [1.29, 1.82) is 0 Å². The molecule has 0 saturated heterocycles. The molecule has 0 bridgehead atoms. The molecule has 0 radical (unpaired) electrons. The lowest BCUT2D eigenvalue weighted by atomic mass is 10.4. The van der Waals surface area contributed by atoms with Gasteiger partial charge in [0.2, 0.25) is 0 Å². The first kappa shape index (κ1) is 12.0. The van der Waals surface area contributed by atoms with Crippen molar-refractivity contribution in [3.63, 3.8) is 0 Å². The molecule has 0 spiro atoms. The van der Waals surface area contributed by atoms with Crippen molar-refractivity contribution < 1.29 is 4.74 Å². The molecule has 88 valence electrons. The monoisotopic (exact) mass is 267 g/mol. The lowest BCUT2D eigenvalue weighted by Gasteiger charge is -2.08. The van der Waals surface area contributed by atoms with E-state index in [4.69, 9.17) is 22.1 Å². The number of nitrogens with two attached hydrogens (primary N) is 1. The maximum absolute atomic E-state index is 5.91. The molecule has 6 heteroatoms. The summed E-state index contributed by atoms with van der Waals surface area (Å²) in [7, 11) is 1.54. The van der Waals surface area contributed by atoms with Crippen LogP contribution in [0.5, 0.6) is 5.75 Å². The van der Waals surface area contributed by atoms with Crippen LogP contribution in [0.15, 0.2) is 40.5 Å². The van der Waals surface area contributed by atoms with Crippen LogP contribution >= 0.6 is 23.4 Å². The van der Waals surface area contributed by atoms with Crippen LogP contribution in [-0.2, 0) is 0 Å². The van der Waals surface area contributed by atoms with Crippen molar-refractivity contribution in [2.75, 3.05) is 12.8 Å². The summed E-state index contributed by atoms with van der Waals surface area (Å²) < 4.78 is 5.17. The largest absolute Gasteiger partial charge is 0.490 e. The first-order chi connectivity index (χ1) is 8.20. The van der Waals surface area contributed by atoms with Crippen LogP contribution in [-0.4, -0.2) is 17.1 Å². The Bertz CT molecular complexity index is 536. The van der Waals surface area contributed by atoms with Crippen molar-refractivity contribution in [1.82, 2.24) is 9.97 Å². The Balaban J connectivity index is 2.33. The number of methoxy groups -OCH3 is 1. The Morgan fingerprint density at radius 2 is 2.18 bits per heavy atom. The molecule has 2 aromatic rings. The Morgan fingerprint density at radius 3 is 2.88 bits per heavy atom. The molecule has 0 aliphatic carbocycles. The molecule has 17 heavy (non-hydrogen) atoms. The van der Waals surface area contributed by atoms with Gasteiger partial charge in [0.25, 0.3) is 0 Å². The first-order valence-corrected chi connectivity index (χ1v) is 5.98. The fourth-order valence-corrected chi connectivity index (χ4v) is 2.47. The van der Waals surface area contributed by atoms with Crippen LogP contribution in [0.25, 0.3) is 0 Å². The van der Waals surface area contributed by atoms with Crippen molar-refractivity contribution in [2.24, 2.45) is 0 Å². The number of nitrogen functional groups attached to an aromatic ring is 1. The maximum atomic E-state index is 5.91. The minimum Gasteiger partial charge on any atom is -0.490 e. The Kier molecular flexibility index (Phi) is 3.71. The minimum absolute atomic E-state index is 0.326. The second-order valence-electron chi connectivity index (χ2n) is 3.16. The van der Waals surface area contributed by atoms with Crippen LogP contribution in [0.2, 0.25) is 5.02 Å². The van der Waals surface area contributed by atoms with Gasteiger partial charge in [-0.3, -0.25) is 0 Å². The minimum atomic E-state index is 0.326. The summed E-state index contributed by atoms with van der Waals surface area (Å²) in [5.41, 5.74) is 5.70. The molecule has 0 aliphatic heterocycles. The Hall–Kier alpha value is -1.46. The topological polar surface area (TPSA) is 61.0 Å². The van der Waals surface area contributed by atoms with E-state index in [0.717, 1.165) is 4.90 Å². The molecule has 0 amide bonds. The Labute approximate surface area is 108 Å². The number of ether oxygens (including phenoxy) is 1. The highest BCUT2D eigenvalue weighted by Crippen LogP contribution is 2.35. The number of aromatic nitrogens is 2. The van der Waals surface area contributed by atoms with Crippen molar-refractivity contribution in [3.05, 3.63) is 35.6 Å². The highest BCUT2D eigenvalue weighted by atomic mass is 35.5. The number of anilines is 1. The third kappa shape index (κ3) is 2.81. The SMILES string of the molecule is COc1c(N)ncnc1Sc1cccc(Cl)c1.